The second kappa shape index (κ2) is 14.2. The fraction of sp³-hybridized carbons (Fsp3) is 0.333. The molecule has 0 spiro atoms. The Kier molecular flexibility index (Phi) is 9.48. The number of rotatable bonds is 11. The molecule has 8 rings (SSSR count). The minimum atomic E-state index is -1.29. The third kappa shape index (κ3) is 6.72. The summed E-state index contributed by atoms with van der Waals surface area (Å²) in [4.78, 5) is 52.4. The quantitative estimate of drug-likeness (QED) is 0.0557. The predicted molar refractivity (Wildman–Crippen MR) is 232 cm³/mol. The van der Waals surface area contributed by atoms with Gasteiger partial charge in [0.05, 0.1) is 0 Å². The van der Waals surface area contributed by atoms with Crippen LogP contribution in [-0.2, 0) is 14.4 Å². The van der Waals surface area contributed by atoms with E-state index >= 15 is 0 Å². The summed E-state index contributed by atoms with van der Waals surface area (Å²) in [7, 11) is 0. The number of anilines is 6. The molecule has 4 fully saturated rings. The highest BCUT2D eigenvalue weighted by molar-refractivity contribution is 6.08. The fourth-order valence-corrected chi connectivity index (χ4v) is 9.90. The van der Waals surface area contributed by atoms with Crippen molar-refractivity contribution < 1.29 is 24.6 Å². The summed E-state index contributed by atoms with van der Waals surface area (Å²) >= 11 is 0. The number of ketones is 2. The maximum Gasteiger partial charge on any atom is 0.339 e. The van der Waals surface area contributed by atoms with Gasteiger partial charge in [0, 0.05) is 27.9 Å². The molecule has 0 aliphatic heterocycles. The number of nitrogens with one attached hydrogen (secondary N) is 3. The van der Waals surface area contributed by atoms with Gasteiger partial charge in [-0.2, -0.15) is 15.0 Å². The molecule has 0 amide bonds. The summed E-state index contributed by atoms with van der Waals surface area (Å²) in [6, 6.07) is 22.5. The number of fused-ring (bicyclic) bond motifs is 4. The molecule has 59 heavy (non-hydrogen) atoms. The van der Waals surface area contributed by atoms with Crippen LogP contribution in [0, 0.1) is 33.5 Å². The molecule has 4 atom stereocenters. The van der Waals surface area contributed by atoms with Crippen molar-refractivity contribution in [3.05, 3.63) is 119 Å². The average Bonchev–Trinajstić information content (AvgIpc) is 3.67. The first-order valence-corrected chi connectivity index (χ1v) is 20.1. The van der Waals surface area contributed by atoms with Gasteiger partial charge in [-0.1, -0.05) is 84.5 Å². The number of aromatic nitrogens is 3. The maximum absolute atomic E-state index is 13.4. The fourth-order valence-electron chi connectivity index (χ4n) is 9.90. The predicted octanol–water partition coefficient (Wildman–Crippen LogP) is 10.5. The van der Waals surface area contributed by atoms with Gasteiger partial charge in [0.2, 0.25) is 17.8 Å². The number of carboxylic acids is 1. The SMILES string of the molecule is C=C(O)/C(=C/c1ccc(Nc2nc(Nc3ccc(/C=C4/C(=O)C5(C)CCC4C5(C)C)cc3)nc(Nc3ccc(/C=C4/C(=O)C5(C)CCC4C5(C)C)cc3)n2)cc1)C(=O)O. The summed E-state index contributed by atoms with van der Waals surface area (Å²) < 4.78 is 0. The molecule has 0 radical (unpaired) electrons. The van der Waals surface area contributed by atoms with Crippen molar-refractivity contribution in [2.24, 2.45) is 33.5 Å². The van der Waals surface area contributed by atoms with Crippen LogP contribution in [0.5, 0.6) is 0 Å². The number of carbonyl (C=O) groups is 3. The Hall–Kier alpha value is -6.36. The lowest BCUT2D eigenvalue weighted by molar-refractivity contribution is -0.132. The van der Waals surface area contributed by atoms with Gasteiger partial charge in [-0.05, 0) is 131 Å². The van der Waals surface area contributed by atoms with Crippen LogP contribution in [0.15, 0.2) is 102 Å². The van der Waals surface area contributed by atoms with Crippen LogP contribution in [-0.4, -0.2) is 42.7 Å². The van der Waals surface area contributed by atoms with Gasteiger partial charge in [0.1, 0.15) is 11.3 Å². The number of aliphatic hydroxyl groups is 1. The molecule has 1 aromatic heterocycles. The zero-order valence-electron chi connectivity index (χ0n) is 34.3. The number of allylic oxidation sites excluding steroid dienone is 2. The Labute approximate surface area is 344 Å². The second-order valence-electron chi connectivity index (χ2n) is 18.0. The van der Waals surface area contributed by atoms with Gasteiger partial charge in [0.25, 0.3) is 0 Å². The number of aliphatic hydroxyl groups excluding tert-OH is 1. The zero-order valence-corrected chi connectivity index (χ0v) is 34.3. The van der Waals surface area contributed by atoms with Crippen LogP contribution in [0.1, 0.15) is 83.9 Å². The topological polar surface area (TPSA) is 166 Å². The highest BCUT2D eigenvalue weighted by Gasteiger charge is 2.64. The lowest BCUT2D eigenvalue weighted by Gasteiger charge is -2.31. The summed E-state index contributed by atoms with van der Waals surface area (Å²) in [6.07, 6.45) is 9.34. The number of aliphatic carboxylic acids is 1. The van der Waals surface area contributed by atoms with Crippen LogP contribution in [0.2, 0.25) is 0 Å². The molecule has 4 aliphatic carbocycles. The summed E-state index contributed by atoms with van der Waals surface area (Å²) in [5, 5.41) is 28.9. The van der Waals surface area contributed by atoms with Crippen molar-refractivity contribution >= 4 is 70.7 Å². The van der Waals surface area contributed by atoms with Crippen molar-refractivity contribution in [1.82, 2.24) is 15.0 Å². The normalized spacial score (nSPS) is 26.4. The van der Waals surface area contributed by atoms with E-state index in [1.807, 2.05) is 60.7 Å². The largest absolute Gasteiger partial charge is 0.508 e. The van der Waals surface area contributed by atoms with Crippen molar-refractivity contribution in [1.29, 1.82) is 0 Å². The number of benzene rings is 3. The van der Waals surface area contributed by atoms with E-state index in [0.29, 0.717) is 11.3 Å². The number of nitrogens with zero attached hydrogens (tertiary/aromatic N) is 3. The van der Waals surface area contributed by atoms with Crippen molar-refractivity contribution in [3.63, 3.8) is 0 Å². The Morgan fingerprint density at radius 2 is 0.949 bits per heavy atom. The number of hydrogen-bond donors (Lipinski definition) is 5. The van der Waals surface area contributed by atoms with E-state index < -0.39 is 11.7 Å². The first-order valence-electron chi connectivity index (χ1n) is 20.1. The van der Waals surface area contributed by atoms with Crippen molar-refractivity contribution in [3.8, 4) is 0 Å². The lowest BCUT2D eigenvalue weighted by atomic mass is 9.70. The van der Waals surface area contributed by atoms with E-state index in [-0.39, 0.29) is 68.5 Å². The smallest absolute Gasteiger partial charge is 0.339 e. The van der Waals surface area contributed by atoms with Gasteiger partial charge >= 0.3 is 5.97 Å². The molecule has 1 heterocycles. The van der Waals surface area contributed by atoms with Gasteiger partial charge < -0.3 is 26.2 Å². The first kappa shape index (κ1) is 39.5. The molecule has 4 saturated carbocycles. The van der Waals surface area contributed by atoms with Gasteiger partial charge in [-0.3, -0.25) is 9.59 Å². The third-order valence-corrected chi connectivity index (χ3v) is 14.4. The number of carbonyl (C=O) groups excluding carboxylic acids is 2. The summed E-state index contributed by atoms with van der Waals surface area (Å²) in [5.74, 6) is -0.00141. The van der Waals surface area contributed by atoms with Crippen LogP contribution in [0.25, 0.3) is 18.2 Å². The minimum absolute atomic E-state index is 0.0583. The standard InChI is InChI=1S/C48H50N6O5/c1-27(55)34(41(58)59)24-28-8-14-31(15-9-28)49-42-52-43(50-32-16-10-29(11-17-32)25-35-37-20-22-47(6,39(35)56)45(37,2)3)54-44(53-42)51-33-18-12-30(13-19-33)26-36-38-21-23-48(7,40(36)57)46(38,4)5/h8-19,24-26,37-38,55H,1,20-23H2,2-7H3,(H,58,59)(H3,49,50,51,52,53,54)/b34-24-,35-25+,36-26+. The van der Waals surface area contributed by atoms with Gasteiger partial charge in [0.15, 0.2) is 11.6 Å². The van der Waals surface area contributed by atoms with E-state index in [4.69, 9.17) is 0 Å². The molecule has 11 heteroatoms. The van der Waals surface area contributed by atoms with Crippen LogP contribution >= 0.6 is 0 Å². The lowest BCUT2D eigenvalue weighted by Crippen LogP contribution is -2.32. The Morgan fingerprint density at radius 3 is 1.24 bits per heavy atom. The first-order chi connectivity index (χ1) is 27.9. The average molecular weight is 791 g/mol. The maximum atomic E-state index is 13.4. The zero-order chi connectivity index (χ0) is 42.1. The molecular formula is C48H50N6O5. The van der Waals surface area contributed by atoms with Gasteiger partial charge in [-0.25, -0.2) is 4.79 Å². The second-order valence-corrected chi connectivity index (χ2v) is 18.0. The molecule has 0 saturated heterocycles. The number of Topliss-reactive ketones (excluding diaryl/α,β-unsaturated/α-hetero) is 2. The van der Waals surface area contributed by atoms with Crippen LogP contribution in [0.4, 0.5) is 34.9 Å². The van der Waals surface area contributed by atoms with E-state index in [1.165, 1.54) is 6.08 Å². The molecular weight excluding hydrogens is 741 g/mol. The van der Waals surface area contributed by atoms with E-state index in [9.17, 15) is 24.6 Å². The number of carboxylic acid groups (broad SMARTS) is 1. The molecule has 4 unspecified atom stereocenters. The van der Waals surface area contributed by atoms with E-state index in [0.717, 1.165) is 59.3 Å². The van der Waals surface area contributed by atoms with E-state index in [2.05, 4.69) is 79.0 Å². The minimum Gasteiger partial charge on any atom is -0.508 e. The molecule has 302 valence electrons. The molecule has 5 N–H and O–H groups in total. The van der Waals surface area contributed by atoms with Crippen molar-refractivity contribution in [2.75, 3.05) is 16.0 Å². The molecule has 11 nitrogen and oxygen atoms in total. The molecule has 4 bridgehead atoms. The molecule has 3 aromatic carbocycles. The monoisotopic (exact) mass is 790 g/mol. The third-order valence-electron chi connectivity index (χ3n) is 14.4. The van der Waals surface area contributed by atoms with E-state index in [1.54, 1.807) is 24.3 Å². The van der Waals surface area contributed by atoms with Crippen LogP contribution in [0.3, 0.4) is 0 Å². The summed E-state index contributed by atoms with van der Waals surface area (Å²) in [5.41, 5.74) is 5.33. The highest BCUT2D eigenvalue weighted by Crippen LogP contribution is 2.66. The highest BCUT2D eigenvalue weighted by atomic mass is 16.4. The van der Waals surface area contributed by atoms with Crippen molar-refractivity contribution in [2.45, 2.75) is 67.2 Å². The Balaban J connectivity index is 1.04. The Bertz CT molecular complexity index is 2360. The Morgan fingerprint density at radius 1 is 0.610 bits per heavy atom. The summed E-state index contributed by atoms with van der Waals surface area (Å²) in [6.45, 7) is 16.4. The van der Waals surface area contributed by atoms with Gasteiger partial charge in [-0.15, -0.1) is 0 Å². The molecule has 4 aliphatic rings. The van der Waals surface area contributed by atoms with Crippen LogP contribution < -0.4 is 16.0 Å². The molecule has 4 aromatic rings. The number of hydrogen-bond acceptors (Lipinski definition) is 10.